The number of hydrogen-bond acceptors (Lipinski definition) is 6. The number of ether oxygens (including phenoxy) is 2. The number of hydrogen-bond donors (Lipinski definition) is 1. The molecule has 0 saturated carbocycles. The summed E-state index contributed by atoms with van der Waals surface area (Å²) in [6.45, 7) is 1.11. The lowest BCUT2D eigenvalue weighted by Gasteiger charge is -2.29. The molecule has 2 atom stereocenters. The van der Waals surface area contributed by atoms with Gasteiger partial charge in [-0.25, -0.2) is 8.42 Å². The monoisotopic (exact) mass is 494 g/mol. The van der Waals surface area contributed by atoms with E-state index in [0.29, 0.717) is 49.1 Å². The molecule has 1 N–H and O–H groups in total. The Morgan fingerprint density at radius 1 is 1.09 bits per heavy atom. The van der Waals surface area contributed by atoms with Crippen LogP contribution in [0.15, 0.2) is 46.2 Å². The predicted molar refractivity (Wildman–Crippen MR) is 122 cm³/mol. The number of fused-ring (bicyclic) bond motifs is 2. The van der Waals surface area contributed by atoms with Gasteiger partial charge in [0.1, 0.15) is 19.3 Å². The number of thioether (sulfide) groups is 1. The van der Waals surface area contributed by atoms with Crippen LogP contribution in [0.4, 0.5) is 0 Å². The van der Waals surface area contributed by atoms with E-state index in [1.54, 1.807) is 17.8 Å². The Kier molecular flexibility index (Phi) is 6.00. The second-order valence-corrected chi connectivity index (χ2v) is 11.4. The normalized spacial score (nSPS) is 22.9. The second kappa shape index (κ2) is 8.78. The molecule has 0 spiro atoms. The SMILES string of the molecule is O=C(NC1CCSc2ccc(Cl)cc21)C1CCCN1S(=O)(=O)c1ccc2c(c1)OCCO2. The molecule has 2 aromatic carbocycles. The molecule has 5 rings (SSSR count). The third-order valence-electron chi connectivity index (χ3n) is 5.95. The standard InChI is InChI=1S/C22H23ClN2O5S2/c23-14-3-6-21-16(12-14)17(7-11-31-21)24-22(26)18-2-1-8-25(18)32(27,28)15-4-5-19-20(13-15)30-10-9-29-19/h3-6,12-13,17-18H,1-2,7-11H2,(H,24,26). The van der Waals surface area contributed by atoms with Crippen LogP contribution in [0.2, 0.25) is 5.02 Å². The molecule has 32 heavy (non-hydrogen) atoms. The van der Waals surface area contributed by atoms with E-state index in [9.17, 15) is 13.2 Å². The van der Waals surface area contributed by atoms with Gasteiger partial charge >= 0.3 is 0 Å². The van der Waals surface area contributed by atoms with Crippen molar-refractivity contribution in [1.82, 2.24) is 9.62 Å². The largest absolute Gasteiger partial charge is 0.486 e. The fourth-order valence-electron chi connectivity index (χ4n) is 4.39. The molecule has 3 heterocycles. The van der Waals surface area contributed by atoms with Crippen molar-refractivity contribution in [2.45, 2.75) is 41.1 Å². The quantitative estimate of drug-likeness (QED) is 0.698. The second-order valence-electron chi connectivity index (χ2n) is 7.96. The maximum Gasteiger partial charge on any atom is 0.243 e. The van der Waals surface area contributed by atoms with Crippen LogP contribution < -0.4 is 14.8 Å². The topological polar surface area (TPSA) is 84.9 Å². The molecule has 0 bridgehead atoms. The molecular weight excluding hydrogens is 472 g/mol. The molecule has 7 nitrogen and oxygen atoms in total. The number of sulfonamides is 1. The lowest BCUT2D eigenvalue weighted by atomic mass is 10.0. The fourth-order valence-corrected chi connectivity index (χ4v) is 7.35. The first-order valence-electron chi connectivity index (χ1n) is 10.6. The molecule has 0 aromatic heterocycles. The fraction of sp³-hybridized carbons (Fsp3) is 0.409. The highest BCUT2D eigenvalue weighted by molar-refractivity contribution is 7.99. The number of nitrogens with one attached hydrogen (secondary N) is 1. The Morgan fingerprint density at radius 2 is 1.91 bits per heavy atom. The molecule has 3 aliphatic rings. The molecule has 170 valence electrons. The van der Waals surface area contributed by atoms with Crippen LogP contribution in [0.3, 0.4) is 0 Å². The summed E-state index contributed by atoms with van der Waals surface area (Å²) in [4.78, 5) is 14.4. The van der Waals surface area contributed by atoms with Crippen LogP contribution >= 0.6 is 23.4 Å². The highest BCUT2D eigenvalue weighted by atomic mass is 35.5. The summed E-state index contributed by atoms with van der Waals surface area (Å²) >= 11 is 7.91. The Labute approximate surface area is 196 Å². The third kappa shape index (κ3) is 4.07. The van der Waals surface area contributed by atoms with E-state index in [-0.39, 0.29) is 16.8 Å². The number of halogens is 1. The zero-order chi connectivity index (χ0) is 22.3. The van der Waals surface area contributed by atoms with Gasteiger partial charge in [-0.2, -0.15) is 4.31 Å². The summed E-state index contributed by atoms with van der Waals surface area (Å²) in [7, 11) is -3.86. The van der Waals surface area contributed by atoms with Crippen LogP contribution in [0.25, 0.3) is 0 Å². The predicted octanol–water partition coefficient (Wildman–Crippen LogP) is 3.62. The van der Waals surface area contributed by atoms with E-state index in [0.717, 1.165) is 22.6 Å². The van der Waals surface area contributed by atoms with E-state index in [1.807, 2.05) is 18.2 Å². The van der Waals surface area contributed by atoms with Crippen molar-refractivity contribution in [3.63, 3.8) is 0 Å². The van der Waals surface area contributed by atoms with Crippen LogP contribution in [0.1, 0.15) is 30.9 Å². The van der Waals surface area contributed by atoms with Crippen LogP contribution in [0.5, 0.6) is 11.5 Å². The Morgan fingerprint density at radius 3 is 2.75 bits per heavy atom. The summed E-state index contributed by atoms with van der Waals surface area (Å²) in [6, 6.07) is 9.35. The van der Waals surface area contributed by atoms with Gasteiger partial charge in [-0.1, -0.05) is 11.6 Å². The molecule has 1 fully saturated rings. The molecular formula is C22H23ClN2O5S2. The zero-order valence-electron chi connectivity index (χ0n) is 17.3. The van der Waals surface area contributed by atoms with Gasteiger partial charge in [-0.05, 0) is 55.2 Å². The number of amides is 1. The molecule has 1 amide bonds. The van der Waals surface area contributed by atoms with Gasteiger partial charge in [-0.15, -0.1) is 11.8 Å². The van der Waals surface area contributed by atoms with Crippen molar-refractivity contribution in [3.05, 3.63) is 47.0 Å². The maximum absolute atomic E-state index is 13.4. The maximum atomic E-state index is 13.4. The number of carbonyl (C=O) groups is 1. The summed E-state index contributed by atoms with van der Waals surface area (Å²) in [6.07, 6.45) is 1.88. The van der Waals surface area contributed by atoms with Crippen molar-refractivity contribution in [1.29, 1.82) is 0 Å². The number of nitrogens with zero attached hydrogens (tertiary/aromatic N) is 1. The minimum absolute atomic E-state index is 0.104. The third-order valence-corrected chi connectivity index (χ3v) is 9.22. The number of carbonyl (C=O) groups excluding carboxylic acids is 1. The van der Waals surface area contributed by atoms with Crippen LogP contribution in [-0.2, 0) is 14.8 Å². The van der Waals surface area contributed by atoms with E-state index in [1.165, 1.54) is 16.4 Å². The van der Waals surface area contributed by atoms with E-state index >= 15 is 0 Å². The summed E-state index contributed by atoms with van der Waals surface area (Å²) < 4.78 is 39.1. The lowest BCUT2D eigenvalue weighted by molar-refractivity contribution is -0.125. The van der Waals surface area contributed by atoms with E-state index in [2.05, 4.69) is 5.32 Å². The first-order valence-corrected chi connectivity index (χ1v) is 13.4. The number of rotatable bonds is 4. The summed E-state index contributed by atoms with van der Waals surface area (Å²) in [5.74, 6) is 1.54. The molecule has 3 aliphatic heterocycles. The smallest absolute Gasteiger partial charge is 0.243 e. The van der Waals surface area contributed by atoms with Gasteiger partial charge in [0.15, 0.2) is 11.5 Å². The first kappa shape index (κ1) is 21.9. The van der Waals surface area contributed by atoms with Gasteiger partial charge < -0.3 is 14.8 Å². The van der Waals surface area contributed by atoms with Crippen LogP contribution in [-0.4, -0.2) is 50.2 Å². The number of benzene rings is 2. The van der Waals surface area contributed by atoms with Crippen molar-refractivity contribution < 1.29 is 22.7 Å². The Balaban J connectivity index is 1.37. The summed E-state index contributed by atoms with van der Waals surface area (Å²) in [5, 5.41) is 3.71. The van der Waals surface area contributed by atoms with Crippen molar-refractivity contribution in [2.75, 3.05) is 25.5 Å². The minimum atomic E-state index is -3.86. The summed E-state index contributed by atoms with van der Waals surface area (Å²) in [5.41, 5.74) is 0.987. The molecule has 2 unspecified atom stereocenters. The van der Waals surface area contributed by atoms with Gasteiger partial charge in [0.2, 0.25) is 15.9 Å². The van der Waals surface area contributed by atoms with Gasteiger partial charge in [0.25, 0.3) is 0 Å². The lowest BCUT2D eigenvalue weighted by Crippen LogP contribution is -2.47. The average Bonchev–Trinajstić information content (AvgIpc) is 3.30. The molecule has 0 aliphatic carbocycles. The molecule has 10 heteroatoms. The van der Waals surface area contributed by atoms with Gasteiger partial charge in [0.05, 0.1) is 10.9 Å². The highest BCUT2D eigenvalue weighted by Crippen LogP contribution is 2.38. The van der Waals surface area contributed by atoms with Gasteiger partial charge in [0, 0.05) is 28.3 Å². The van der Waals surface area contributed by atoms with Crippen LogP contribution in [0, 0.1) is 0 Å². The van der Waals surface area contributed by atoms with Gasteiger partial charge in [-0.3, -0.25) is 4.79 Å². The van der Waals surface area contributed by atoms with Crippen molar-refractivity contribution >= 4 is 39.3 Å². The Bertz CT molecular complexity index is 1160. The average molecular weight is 495 g/mol. The van der Waals surface area contributed by atoms with E-state index < -0.39 is 16.1 Å². The van der Waals surface area contributed by atoms with Crippen molar-refractivity contribution in [3.8, 4) is 11.5 Å². The molecule has 2 aromatic rings. The minimum Gasteiger partial charge on any atom is -0.486 e. The molecule has 0 radical (unpaired) electrons. The Hall–Kier alpha value is -1.94. The van der Waals surface area contributed by atoms with E-state index in [4.69, 9.17) is 21.1 Å². The molecule has 1 saturated heterocycles. The first-order chi connectivity index (χ1) is 15.4. The zero-order valence-corrected chi connectivity index (χ0v) is 19.6. The van der Waals surface area contributed by atoms with Crippen molar-refractivity contribution in [2.24, 2.45) is 0 Å². The highest BCUT2D eigenvalue weighted by Gasteiger charge is 2.40.